The summed E-state index contributed by atoms with van der Waals surface area (Å²) in [6.07, 6.45) is 8.45. The molecule has 1 aromatic rings. The molecule has 1 heterocycles. The summed E-state index contributed by atoms with van der Waals surface area (Å²) >= 11 is 1.87. The number of hydrogen-bond donors (Lipinski definition) is 1. The summed E-state index contributed by atoms with van der Waals surface area (Å²) in [5.41, 5.74) is 0.478. The molecular formula is C16H25NOS. The van der Waals surface area contributed by atoms with Crippen molar-refractivity contribution in [1.82, 2.24) is 5.32 Å². The first-order chi connectivity index (χ1) is 9.35. The highest BCUT2D eigenvalue weighted by molar-refractivity contribution is 7.09. The molecule has 0 aliphatic heterocycles. The molecular weight excluding hydrogens is 254 g/mol. The van der Waals surface area contributed by atoms with Crippen LogP contribution in [0.4, 0.5) is 0 Å². The summed E-state index contributed by atoms with van der Waals surface area (Å²) in [5, 5.41) is 5.97. The lowest BCUT2D eigenvalue weighted by atomic mass is 9.60. The Labute approximate surface area is 120 Å². The minimum Gasteiger partial charge on any atom is -0.378 e. The lowest BCUT2D eigenvalue weighted by Crippen LogP contribution is -2.62. The average Bonchev–Trinajstić information content (AvgIpc) is 3.09. The zero-order valence-corrected chi connectivity index (χ0v) is 12.7. The molecule has 0 radical (unpaired) electrons. The lowest BCUT2D eigenvalue weighted by molar-refractivity contribution is -0.130. The third-order valence-corrected chi connectivity index (χ3v) is 5.97. The monoisotopic (exact) mass is 279 g/mol. The molecule has 0 aromatic carbocycles. The highest BCUT2D eigenvalue weighted by Crippen LogP contribution is 2.54. The highest BCUT2D eigenvalue weighted by Gasteiger charge is 2.56. The normalized spacial score (nSPS) is 28.7. The molecule has 2 aliphatic carbocycles. The van der Waals surface area contributed by atoms with E-state index in [2.05, 4.69) is 29.8 Å². The molecule has 2 saturated carbocycles. The zero-order valence-electron chi connectivity index (χ0n) is 11.9. The Hall–Kier alpha value is -0.380. The maximum atomic E-state index is 5.96. The molecule has 3 heteroatoms. The van der Waals surface area contributed by atoms with Crippen molar-refractivity contribution >= 4 is 11.3 Å². The van der Waals surface area contributed by atoms with Gasteiger partial charge in [-0.3, -0.25) is 0 Å². The Morgan fingerprint density at radius 3 is 2.95 bits per heavy atom. The van der Waals surface area contributed by atoms with Crippen LogP contribution in [0.2, 0.25) is 0 Å². The summed E-state index contributed by atoms with van der Waals surface area (Å²) in [5.74, 6) is 0. The van der Waals surface area contributed by atoms with E-state index in [1.54, 1.807) is 0 Å². The van der Waals surface area contributed by atoms with E-state index in [9.17, 15) is 0 Å². The van der Waals surface area contributed by atoms with Gasteiger partial charge in [0.25, 0.3) is 0 Å². The molecule has 1 N–H and O–H groups in total. The van der Waals surface area contributed by atoms with Crippen LogP contribution in [0.3, 0.4) is 0 Å². The number of thiophene rings is 1. The maximum Gasteiger partial charge on any atom is 0.0661 e. The van der Waals surface area contributed by atoms with Crippen molar-refractivity contribution in [2.24, 2.45) is 5.41 Å². The molecule has 2 aliphatic rings. The van der Waals surface area contributed by atoms with Crippen LogP contribution in [0.15, 0.2) is 17.5 Å². The first-order valence-electron chi connectivity index (χ1n) is 7.72. The minimum atomic E-state index is 0.478. The second kappa shape index (κ2) is 5.94. The number of nitrogens with one attached hydrogen (secondary N) is 1. The molecule has 2 unspecified atom stereocenters. The van der Waals surface area contributed by atoms with Gasteiger partial charge < -0.3 is 10.1 Å². The fraction of sp³-hybridized carbons (Fsp3) is 0.750. The molecule has 106 valence electrons. The van der Waals surface area contributed by atoms with E-state index < -0.39 is 0 Å². The van der Waals surface area contributed by atoms with Gasteiger partial charge in [0.1, 0.15) is 0 Å². The molecule has 0 amide bonds. The third kappa shape index (κ3) is 2.61. The molecule has 0 bridgehead atoms. The standard InChI is InChI=1S/C16H25NOS/c1-2-18-15-12-14(16(15)8-3-4-9-16)17-10-7-13-6-5-11-19-13/h5-6,11,14-15,17H,2-4,7-10,12H2,1H3. The number of hydrogen-bond acceptors (Lipinski definition) is 3. The highest BCUT2D eigenvalue weighted by atomic mass is 32.1. The Bertz CT molecular complexity index is 383. The van der Waals surface area contributed by atoms with E-state index in [-0.39, 0.29) is 0 Å². The molecule has 2 atom stereocenters. The van der Waals surface area contributed by atoms with Crippen molar-refractivity contribution in [3.8, 4) is 0 Å². The molecule has 3 rings (SSSR count). The number of ether oxygens (including phenoxy) is 1. The van der Waals surface area contributed by atoms with Gasteiger partial charge in [0, 0.05) is 29.5 Å². The van der Waals surface area contributed by atoms with Crippen LogP contribution in [0.1, 0.15) is 43.9 Å². The molecule has 1 aromatic heterocycles. The maximum absolute atomic E-state index is 5.96. The average molecular weight is 279 g/mol. The van der Waals surface area contributed by atoms with Gasteiger partial charge in [0.15, 0.2) is 0 Å². The van der Waals surface area contributed by atoms with E-state index >= 15 is 0 Å². The van der Waals surface area contributed by atoms with Gasteiger partial charge in [-0.2, -0.15) is 0 Å². The van der Waals surface area contributed by atoms with E-state index in [1.165, 1.54) is 43.4 Å². The third-order valence-electron chi connectivity index (χ3n) is 5.03. The molecule has 2 nitrogen and oxygen atoms in total. The lowest BCUT2D eigenvalue weighted by Gasteiger charge is -2.54. The predicted octanol–water partition coefficient (Wildman–Crippen LogP) is 3.62. The van der Waals surface area contributed by atoms with Crippen LogP contribution in [-0.4, -0.2) is 25.3 Å². The Morgan fingerprint density at radius 1 is 1.42 bits per heavy atom. The topological polar surface area (TPSA) is 21.3 Å². The van der Waals surface area contributed by atoms with Crippen molar-refractivity contribution in [3.63, 3.8) is 0 Å². The molecule has 2 fully saturated rings. The summed E-state index contributed by atoms with van der Waals surface area (Å²) < 4.78 is 5.96. The molecule has 19 heavy (non-hydrogen) atoms. The van der Waals surface area contributed by atoms with Crippen molar-refractivity contribution in [2.75, 3.05) is 13.2 Å². The van der Waals surface area contributed by atoms with E-state index in [0.717, 1.165) is 13.2 Å². The number of rotatable bonds is 6. The second-order valence-corrected chi connectivity index (χ2v) is 6.99. The van der Waals surface area contributed by atoms with Crippen LogP contribution < -0.4 is 5.32 Å². The first kappa shape index (κ1) is 13.6. The largest absolute Gasteiger partial charge is 0.378 e. The van der Waals surface area contributed by atoms with Gasteiger partial charge in [0.05, 0.1) is 6.10 Å². The summed E-state index contributed by atoms with van der Waals surface area (Å²) in [7, 11) is 0. The fourth-order valence-electron chi connectivity index (χ4n) is 4.00. The van der Waals surface area contributed by atoms with Crippen LogP contribution in [0.5, 0.6) is 0 Å². The zero-order chi connectivity index (χ0) is 13.1. The molecule has 1 spiro atoms. The van der Waals surface area contributed by atoms with Gasteiger partial charge in [0.2, 0.25) is 0 Å². The van der Waals surface area contributed by atoms with Crippen LogP contribution in [0.25, 0.3) is 0 Å². The quantitative estimate of drug-likeness (QED) is 0.859. The van der Waals surface area contributed by atoms with Gasteiger partial charge in [-0.1, -0.05) is 18.9 Å². The van der Waals surface area contributed by atoms with Gasteiger partial charge in [-0.05, 0) is 44.1 Å². The Balaban J connectivity index is 1.51. The van der Waals surface area contributed by atoms with Crippen LogP contribution in [0, 0.1) is 5.41 Å². The Kier molecular flexibility index (Phi) is 4.25. The van der Waals surface area contributed by atoms with Crippen LogP contribution >= 0.6 is 11.3 Å². The van der Waals surface area contributed by atoms with Crippen LogP contribution in [-0.2, 0) is 11.2 Å². The van der Waals surface area contributed by atoms with E-state index in [1.807, 2.05) is 11.3 Å². The van der Waals surface area contributed by atoms with Crippen molar-refractivity contribution in [1.29, 1.82) is 0 Å². The smallest absolute Gasteiger partial charge is 0.0661 e. The van der Waals surface area contributed by atoms with E-state index in [4.69, 9.17) is 4.74 Å². The summed E-state index contributed by atoms with van der Waals surface area (Å²) in [6, 6.07) is 5.08. The SMILES string of the molecule is CCOC1CC(NCCc2cccs2)C12CCCC2. The van der Waals surface area contributed by atoms with Crippen molar-refractivity contribution in [2.45, 2.75) is 57.6 Å². The molecule has 0 saturated heterocycles. The van der Waals surface area contributed by atoms with Gasteiger partial charge >= 0.3 is 0 Å². The minimum absolute atomic E-state index is 0.478. The summed E-state index contributed by atoms with van der Waals surface area (Å²) in [6.45, 7) is 4.11. The summed E-state index contributed by atoms with van der Waals surface area (Å²) in [4.78, 5) is 1.49. The predicted molar refractivity (Wildman–Crippen MR) is 80.7 cm³/mol. The Morgan fingerprint density at radius 2 is 2.26 bits per heavy atom. The van der Waals surface area contributed by atoms with Gasteiger partial charge in [-0.25, -0.2) is 0 Å². The second-order valence-electron chi connectivity index (χ2n) is 5.96. The fourth-order valence-corrected chi connectivity index (χ4v) is 4.71. The van der Waals surface area contributed by atoms with Gasteiger partial charge in [-0.15, -0.1) is 11.3 Å². The van der Waals surface area contributed by atoms with Crippen molar-refractivity contribution in [3.05, 3.63) is 22.4 Å². The van der Waals surface area contributed by atoms with Crippen molar-refractivity contribution < 1.29 is 4.74 Å². The first-order valence-corrected chi connectivity index (χ1v) is 8.60. The van der Waals surface area contributed by atoms with E-state index in [0.29, 0.717) is 17.6 Å².